The van der Waals surface area contributed by atoms with Crippen molar-refractivity contribution in [3.63, 3.8) is 0 Å². The summed E-state index contributed by atoms with van der Waals surface area (Å²) in [5.41, 5.74) is 3.40. The van der Waals surface area contributed by atoms with E-state index in [9.17, 15) is 14.7 Å². The van der Waals surface area contributed by atoms with Crippen LogP contribution < -0.4 is 5.32 Å². The molecule has 25 heavy (non-hydrogen) atoms. The molecule has 1 aromatic carbocycles. The quantitative estimate of drug-likeness (QED) is 0.893. The highest BCUT2D eigenvalue weighted by Crippen LogP contribution is 2.31. The fourth-order valence-electron chi connectivity index (χ4n) is 3.52. The van der Waals surface area contributed by atoms with Crippen molar-refractivity contribution in [3.8, 4) is 5.69 Å². The van der Waals surface area contributed by atoms with E-state index in [2.05, 4.69) is 10.4 Å². The first-order valence-corrected chi connectivity index (χ1v) is 8.62. The molecule has 2 aromatic rings. The molecule has 1 aliphatic rings. The van der Waals surface area contributed by atoms with Gasteiger partial charge in [0, 0.05) is 11.6 Å². The van der Waals surface area contributed by atoms with Crippen molar-refractivity contribution in [2.45, 2.75) is 39.5 Å². The lowest BCUT2D eigenvalue weighted by molar-refractivity contribution is -0.143. The number of hydrogen-bond donors (Lipinski definition) is 2. The molecular formula is C19H23N3O3. The number of aromatic nitrogens is 2. The zero-order valence-electron chi connectivity index (χ0n) is 14.5. The van der Waals surface area contributed by atoms with E-state index in [1.807, 2.05) is 48.9 Å². The van der Waals surface area contributed by atoms with E-state index in [0.29, 0.717) is 18.5 Å². The molecule has 1 amide bonds. The van der Waals surface area contributed by atoms with Crippen molar-refractivity contribution in [1.29, 1.82) is 0 Å². The summed E-state index contributed by atoms with van der Waals surface area (Å²) in [6.07, 6.45) is 2.57. The summed E-state index contributed by atoms with van der Waals surface area (Å²) in [5.74, 6) is -1.60. The monoisotopic (exact) mass is 341 g/mol. The number of nitrogens with zero attached hydrogens (tertiary/aromatic N) is 2. The number of benzene rings is 1. The summed E-state index contributed by atoms with van der Waals surface area (Å²) in [6.45, 7) is 3.90. The van der Waals surface area contributed by atoms with Gasteiger partial charge in [0.1, 0.15) is 0 Å². The molecule has 1 saturated carbocycles. The maximum Gasteiger partial charge on any atom is 0.306 e. The lowest BCUT2D eigenvalue weighted by Gasteiger charge is -2.26. The number of carboxylic acid groups (broad SMARTS) is 1. The van der Waals surface area contributed by atoms with Crippen LogP contribution in [0.25, 0.3) is 5.69 Å². The van der Waals surface area contributed by atoms with E-state index in [-0.39, 0.29) is 11.8 Å². The van der Waals surface area contributed by atoms with Gasteiger partial charge in [-0.15, -0.1) is 0 Å². The third-order valence-electron chi connectivity index (χ3n) is 4.79. The topological polar surface area (TPSA) is 84.2 Å². The smallest absolute Gasteiger partial charge is 0.306 e. The minimum Gasteiger partial charge on any atom is -0.481 e. The van der Waals surface area contributed by atoms with Crippen LogP contribution in [-0.2, 0) is 9.59 Å². The van der Waals surface area contributed by atoms with Crippen molar-refractivity contribution in [1.82, 2.24) is 9.78 Å². The van der Waals surface area contributed by atoms with Gasteiger partial charge in [0.15, 0.2) is 0 Å². The van der Waals surface area contributed by atoms with Crippen LogP contribution in [0.1, 0.15) is 37.1 Å². The number of anilines is 1. The minimum atomic E-state index is -0.805. The summed E-state index contributed by atoms with van der Waals surface area (Å²) in [7, 11) is 0. The van der Waals surface area contributed by atoms with Gasteiger partial charge in [0.25, 0.3) is 0 Å². The van der Waals surface area contributed by atoms with Gasteiger partial charge in [-0.3, -0.25) is 9.59 Å². The zero-order valence-corrected chi connectivity index (χ0v) is 14.5. The molecule has 3 rings (SSSR count). The number of nitrogens with one attached hydrogen (secondary N) is 1. The molecular weight excluding hydrogens is 318 g/mol. The summed E-state index contributed by atoms with van der Waals surface area (Å²) in [6, 6.07) is 9.52. The first-order valence-electron chi connectivity index (χ1n) is 8.62. The molecule has 2 N–H and O–H groups in total. The first-order chi connectivity index (χ1) is 12.0. The highest BCUT2D eigenvalue weighted by molar-refractivity contribution is 5.94. The SMILES string of the molecule is Cc1cc(C)n(-c2ccccc2NC(=O)C2CCCC(C(=O)O)C2)n1. The van der Waals surface area contributed by atoms with E-state index in [0.717, 1.165) is 29.9 Å². The molecule has 1 heterocycles. The van der Waals surface area contributed by atoms with E-state index < -0.39 is 11.9 Å². The van der Waals surface area contributed by atoms with Gasteiger partial charge in [-0.2, -0.15) is 5.10 Å². The second kappa shape index (κ2) is 7.09. The molecule has 1 aliphatic carbocycles. The van der Waals surface area contributed by atoms with Crippen molar-refractivity contribution >= 4 is 17.6 Å². The molecule has 0 radical (unpaired) electrons. The van der Waals surface area contributed by atoms with Crippen LogP contribution in [0.15, 0.2) is 30.3 Å². The lowest BCUT2D eigenvalue weighted by Crippen LogP contribution is -2.31. The average Bonchev–Trinajstić information content (AvgIpc) is 2.93. The molecule has 1 fully saturated rings. The molecule has 2 unspecified atom stereocenters. The van der Waals surface area contributed by atoms with Gasteiger partial charge in [-0.05, 0) is 51.3 Å². The number of rotatable bonds is 4. The zero-order chi connectivity index (χ0) is 18.0. The van der Waals surface area contributed by atoms with Crippen LogP contribution in [0.5, 0.6) is 0 Å². The van der Waals surface area contributed by atoms with Crippen molar-refractivity contribution < 1.29 is 14.7 Å². The van der Waals surface area contributed by atoms with E-state index in [1.165, 1.54) is 0 Å². The van der Waals surface area contributed by atoms with E-state index in [1.54, 1.807) is 0 Å². The van der Waals surface area contributed by atoms with E-state index >= 15 is 0 Å². The number of amides is 1. The Hall–Kier alpha value is -2.63. The summed E-state index contributed by atoms with van der Waals surface area (Å²) in [4.78, 5) is 23.9. The molecule has 1 aromatic heterocycles. The van der Waals surface area contributed by atoms with Gasteiger partial charge in [0.05, 0.1) is 23.0 Å². The highest BCUT2D eigenvalue weighted by atomic mass is 16.4. The summed E-state index contributed by atoms with van der Waals surface area (Å²) >= 11 is 0. The van der Waals surface area contributed by atoms with Crippen LogP contribution >= 0.6 is 0 Å². The Morgan fingerprint density at radius 1 is 1.20 bits per heavy atom. The molecule has 2 atom stereocenters. The number of aliphatic carboxylic acids is 1. The highest BCUT2D eigenvalue weighted by Gasteiger charge is 2.31. The predicted molar refractivity (Wildman–Crippen MR) is 94.8 cm³/mol. The second-order valence-electron chi connectivity index (χ2n) is 6.74. The fraction of sp³-hybridized carbons (Fsp3) is 0.421. The Bertz CT molecular complexity index is 797. The average molecular weight is 341 g/mol. The van der Waals surface area contributed by atoms with E-state index in [4.69, 9.17) is 0 Å². The fourth-order valence-corrected chi connectivity index (χ4v) is 3.52. The maximum atomic E-state index is 12.7. The largest absolute Gasteiger partial charge is 0.481 e. The van der Waals surface area contributed by atoms with Crippen LogP contribution in [0, 0.1) is 25.7 Å². The van der Waals surface area contributed by atoms with Gasteiger partial charge in [0.2, 0.25) is 5.91 Å². The Kier molecular flexibility index (Phi) is 4.88. The Morgan fingerprint density at radius 2 is 1.92 bits per heavy atom. The van der Waals surface area contributed by atoms with Crippen molar-refractivity contribution in [3.05, 3.63) is 41.7 Å². The van der Waals surface area contributed by atoms with Gasteiger partial charge < -0.3 is 10.4 Å². The van der Waals surface area contributed by atoms with Gasteiger partial charge in [-0.1, -0.05) is 18.6 Å². The minimum absolute atomic E-state index is 0.111. The summed E-state index contributed by atoms with van der Waals surface area (Å²) in [5, 5.41) is 16.7. The standard InChI is InChI=1S/C19H23N3O3/c1-12-10-13(2)22(21-12)17-9-4-3-8-16(17)20-18(23)14-6-5-7-15(11-14)19(24)25/h3-4,8-10,14-15H,5-7,11H2,1-2H3,(H,20,23)(H,24,25). The lowest BCUT2D eigenvalue weighted by atomic mass is 9.81. The number of carbonyl (C=O) groups is 2. The summed E-state index contributed by atoms with van der Waals surface area (Å²) < 4.78 is 1.81. The number of aryl methyl sites for hydroxylation is 2. The molecule has 6 heteroatoms. The Labute approximate surface area is 146 Å². The van der Waals surface area contributed by atoms with Crippen LogP contribution in [0.4, 0.5) is 5.69 Å². The predicted octanol–water partition coefficient (Wildman–Crippen LogP) is 3.32. The molecule has 6 nitrogen and oxygen atoms in total. The third kappa shape index (κ3) is 3.73. The van der Waals surface area contributed by atoms with Crippen LogP contribution in [0.2, 0.25) is 0 Å². The maximum absolute atomic E-state index is 12.7. The molecule has 0 saturated heterocycles. The number of carbonyl (C=O) groups excluding carboxylic acids is 1. The molecule has 0 spiro atoms. The normalized spacial score (nSPS) is 20.2. The first kappa shape index (κ1) is 17.2. The number of carboxylic acids is 1. The van der Waals surface area contributed by atoms with Crippen LogP contribution in [0.3, 0.4) is 0 Å². The Balaban J connectivity index is 1.80. The molecule has 132 valence electrons. The van der Waals surface area contributed by atoms with Crippen molar-refractivity contribution in [2.24, 2.45) is 11.8 Å². The van der Waals surface area contributed by atoms with Crippen molar-refractivity contribution in [2.75, 3.05) is 5.32 Å². The number of para-hydroxylation sites is 2. The molecule has 0 bridgehead atoms. The van der Waals surface area contributed by atoms with Gasteiger partial charge in [-0.25, -0.2) is 4.68 Å². The third-order valence-corrected chi connectivity index (χ3v) is 4.79. The second-order valence-corrected chi connectivity index (χ2v) is 6.74. The number of hydrogen-bond acceptors (Lipinski definition) is 3. The Morgan fingerprint density at radius 3 is 2.60 bits per heavy atom. The van der Waals surface area contributed by atoms with Crippen LogP contribution in [-0.4, -0.2) is 26.8 Å². The van der Waals surface area contributed by atoms with Gasteiger partial charge >= 0.3 is 5.97 Å². The molecule has 0 aliphatic heterocycles.